The summed E-state index contributed by atoms with van der Waals surface area (Å²) in [5, 5.41) is 1.31. The van der Waals surface area contributed by atoms with Gasteiger partial charge >= 0.3 is 0 Å². The molecule has 0 aromatic heterocycles. The van der Waals surface area contributed by atoms with Gasteiger partial charge in [-0.1, -0.05) is 77.2 Å². The Morgan fingerprint density at radius 3 is 1.80 bits per heavy atom. The van der Waals surface area contributed by atoms with Crippen LogP contribution < -0.4 is 0 Å². The third-order valence-electron chi connectivity index (χ3n) is 3.61. The highest BCUT2D eigenvalue weighted by molar-refractivity contribution is 6.42. The average Bonchev–Trinajstić information content (AvgIpc) is 2.39. The van der Waals surface area contributed by atoms with Crippen LogP contribution in [0.3, 0.4) is 0 Å². The molecule has 0 atom stereocenters. The monoisotopic (exact) mass is 316 g/mol. The maximum Gasteiger partial charge on any atom is 0.0595 e. The third-order valence-corrected chi connectivity index (χ3v) is 4.35. The molecule has 2 heteroatoms. The SMILES string of the molecule is CC(C)C.CCCC(CC)(CC)c1ccc(Cl)c(Cl)c1. The molecule has 20 heavy (non-hydrogen) atoms. The Kier molecular flexibility index (Phi) is 9.59. The van der Waals surface area contributed by atoms with Gasteiger partial charge in [0.2, 0.25) is 0 Å². The number of benzene rings is 1. The van der Waals surface area contributed by atoms with E-state index in [0.717, 1.165) is 18.8 Å². The highest BCUT2D eigenvalue weighted by Gasteiger charge is 2.27. The first kappa shape index (κ1) is 19.8. The Bertz CT molecular complexity index is 376. The zero-order valence-electron chi connectivity index (χ0n) is 13.9. The summed E-state index contributed by atoms with van der Waals surface area (Å²) in [6, 6.07) is 6.07. The summed E-state index contributed by atoms with van der Waals surface area (Å²) in [6.45, 7) is 13.2. The molecule has 0 aliphatic rings. The molecule has 1 rings (SSSR count). The molecule has 0 unspecified atom stereocenters. The molecule has 0 saturated heterocycles. The van der Waals surface area contributed by atoms with Crippen molar-refractivity contribution in [2.45, 2.75) is 72.6 Å². The molecule has 0 nitrogen and oxygen atoms in total. The van der Waals surface area contributed by atoms with Crippen molar-refractivity contribution in [1.82, 2.24) is 0 Å². The summed E-state index contributed by atoms with van der Waals surface area (Å²) < 4.78 is 0. The maximum atomic E-state index is 6.10. The molecule has 0 aliphatic heterocycles. The summed E-state index contributed by atoms with van der Waals surface area (Å²) in [5.74, 6) is 0.833. The van der Waals surface area contributed by atoms with Crippen LogP contribution in [0.5, 0.6) is 0 Å². The standard InChI is InChI=1S/C14H20Cl2.C4H10/c1-4-9-14(5-2,6-3)11-7-8-12(15)13(16)10-11;1-4(2)3/h7-8,10H,4-6,9H2,1-3H3;4H,1-3H3. The largest absolute Gasteiger partial charge is 0.0827 e. The minimum Gasteiger partial charge on any atom is -0.0827 e. The van der Waals surface area contributed by atoms with E-state index in [4.69, 9.17) is 23.2 Å². The molecule has 0 bridgehead atoms. The molecule has 0 heterocycles. The van der Waals surface area contributed by atoms with E-state index in [9.17, 15) is 0 Å². The van der Waals surface area contributed by atoms with E-state index in [1.807, 2.05) is 12.1 Å². The van der Waals surface area contributed by atoms with Crippen LogP contribution >= 0.6 is 23.2 Å². The van der Waals surface area contributed by atoms with Gasteiger partial charge in [-0.15, -0.1) is 0 Å². The molecule has 0 aliphatic carbocycles. The van der Waals surface area contributed by atoms with Gasteiger partial charge in [0.15, 0.2) is 0 Å². The van der Waals surface area contributed by atoms with E-state index in [1.165, 1.54) is 18.4 Å². The lowest BCUT2D eigenvalue weighted by atomic mass is 9.73. The number of halogens is 2. The fraction of sp³-hybridized carbons (Fsp3) is 0.667. The van der Waals surface area contributed by atoms with Gasteiger partial charge in [-0.3, -0.25) is 0 Å². The summed E-state index contributed by atoms with van der Waals surface area (Å²) in [7, 11) is 0. The zero-order chi connectivity index (χ0) is 15.8. The quantitative estimate of drug-likeness (QED) is 0.527. The Morgan fingerprint density at radius 1 is 0.950 bits per heavy atom. The fourth-order valence-electron chi connectivity index (χ4n) is 2.46. The fourth-order valence-corrected chi connectivity index (χ4v) is 2.76. The predicted octanol–water partition coefficient (Wildman–Crippen LogP) is 7.51. The molecular formula is C18H30Cl2. The highest BCUT2D eigenvalue weighted by atomic mass is 35.5. The van der Waals surface area contributed by atoms with Gasteiger partial charge in [0, 0.05) is 0 Å². The van der Waals surface area contributed by atoms with Crippen LogP contribution in [-0.4, -0.2) is 0 Å². The first-order valence-electron chi connectivity index (χ1n) is 7.78. The Labute approximate surface area is 135 Å². The van der Waals surface area contributed by atoms with Crippen molar-refractivity contribution in [1.29, 1.82) is 0 Å². The van der Waals surface area contributed by atoms with Crippen LogP contribution in [0.2, 0.25) is 10.0 Å². The van der Waals surface area contributed by atoms with Gasteiger partial charge in [-0.25, -0.2) is 0 Å². The van der Waals surface area contributed by atoms with Gasteiger partial charge in [-0.2, -0.15) is 0 Å². The van der Waals surface area contributed by atoms with Crippen LogP contribution in [0.15, 0.2) is 18.2 Å². The second-order valence-electron chi connectivity index (χ2n) is 6.10. The van der Waals surface area contributed by atoms with E-state index in [2.05, 4.69) is 47.6 Å². The van der Waals surface area contributed by atoms with E-state index < -0.39 is 0 Å². The number of rotatable bonds is 5. The highest BCUT2D eigenvalue weighted by Crippen LogP contribution is 2.38. The molecular weight excluding hydrogens is 287 g/mol. The van der Waals surface area contributed by atoms with Crippen LogP contribution in [0.1, 0.15) is 72.8 Å². The molecule has 0 radical (unpaired) electrons. The summed E-state index contributed by atoms with van der Waals surface area (Å²) in [5.41, 5.74) is 1.59. The molecule has 0 fully saturated rings. The van der Waals surface area contributed by atoms with Crippen molar-refractivity contribution in [3.63, 3.8) is 0 Å². The normalized spacial score (nSPS) is 11.2. The summed E-state index contributed by atoms with van der Waals surface area (Å²) in [6.07, 6.45) is 4.70. The molecule has 0 amide bonds. The van der Waals surface area contributed by atoms with Crippen molar-refractivity contribution < 1.29 is 0 Å². The lowest BCUT2D eigenvalue weighted by Gasteiger charge is -2.32. The van der Waals surface area contributed by atoms with Crippen LogP contribution in [0.4, 0.5) is 0 Å². The van der Waals surface area contributed by atoms with Gasteiger partial charge in [0.05, 0.1) is 10.0 Å². The summed E-state index contributed by atoms with van der Waals surface area (Å²) >= 11 is 12.1. The van der Waals surface area contributed by atoms with Gasteiger partial charge in [0.25, 0.3) is 0 Å². The lowest BCUT2D eigenvalue weighted by Crippen LogP contribution is -2.24. The molecule has 0 saturated carbocycles. The van der Waals surface area contributed by atoms with Crippen LogP contribution in [0.25, 0.3) is 0 Å². The van der Waals surface area contributed by atoms with Crippen molar-refractivity contribution >= 4 is 23.2 Å². The number of hydrogen-bond donors (Lipinski definition) is 0. The van der Waals surface area contributed by atoms with Crippen molar-refractivity contribution in [3.05, 3.63) is 33.8 Å². The zero-order valence-corrected chi connectivity index (χ0v) is 15.4. The van der Waals surface area contributed by atoms with E-state index in [1.54, 1.807) is 0 Å². The third kappa shape index (κ3) is 6.06. The Hall–Kier alpha value is -0.200. The van der Waals surface area contributed by atoms with Crippen LogP contribution in [-0.2, 0) is 5.41 Å². The predicted molar refractivity (Wildman–Crippen MR) is 94.1 cm³/mol. The first-order valence-corrected chi connectivity index (χ1v) is 8.54. The van der Waals surface area contributed by atoms with Gasteiger partial charge in [-0.05, 0) is 48.3 Å². The Balaban J connectivity index is 0.000000796. The minimum atomic E-state index is 0.267. The molecule has 0 N–H and O–H groups in total. The molecule has 1 aromatic carbocycles. The number of hydrogen-bond acceptors (Lipinski definition) is 0. The van der Waals surface area contributed by atoms with Crippen molar-refractivity contribution in [3.8, 4) is 0 Å². The minimum absolute atomic E-state index is 0.267. The smallest absolute Gasteiger partial charge is 0.0595 e. The van der Waals surface area contributed by atoms with E-state index in [0.29, 0.717) is 10.0 Å². The van der Waals surface area contributed by atoms with Gasteiger partial charge < -0.3 is 0 Å². The lowest BCUT2D eigenvalue weighted by molar-refractivity contribution is 0.361. The molecule has 0 spiro atoms. The average molecular weight is 317 g/mol. The van der Waals surface area contributed by atoms with E-state index >= 15 is 0 Å². The molecule has 116 valence electrons. The second-order valence-corrected chi connectivity index (χ2v) is 6.91. The topological polar surface area (TPSA) is 0 Å². The van der Waals surface area contributed by atoms with Crippen molar-refractivity contribution in [2.75, 3.05) is 0 Å². The maximum absolute atomic E-state index is 6.10. The van der Waals surface area contributed by atoms with Crippen LogP contribution in [0, 0.1) is 5.92 Å². The first-order chi connectivity index (χ1) is 9.32. The van der Waals surface area contributed by atoms with E-state index in [-0.39, 0.29) is 5.41 Å². The van der Waals surface area contributed by atoms with Crippen molar-refractivity contribution in [2.24, 2.45) is 5.92 Å². The Morgan fingerprint density at radius 2 is 1.45 bits per heavy atom. The summed E-state index contributed by atoms with van der Waals surface area (Å²) in [4.78, 5) is 0. The molecule has 1 aromatic rings. The second kappa shape index (κ2) is 9.68. The van der Waals surface area contributed by atoms with Gasteiger partial charge in [0.1, 0.15) is 0 Å².